The second-order valence-corrected chi connectivity index (χ2v) is 17.7. The van der Waals surface area contributed by atoms with Crippen LogP contribution in [-0.2, 0) is 10.0 Å². The molecule has 0 aliphatic heterocycles. The molecule has 2 amide bonds. The average Bonchev–Trinajstić information content (AvgIpc) is 3.62. The Kier molecular flexibility index (Phi) is 8.53. The van der Waals surface area contributed by atoms with Gasteiger partial charge in [-0.05, 0) is 108 Å². The Balaban J connectivity index is 1.10. The van der Waals surface area contributed by atoms with Crippen LogP contribution in [0.5, 0.6) is 0 Å². The molecule has 2 aromatic rings. The first-order valence-electron chi connectivity index (χ1n) is 16.6. The number of hydrogen-bond acceptors (Lipinski definition) is 5. The van der Waals surface area contributed by atoms with Crippen molar-refractivity contribution in [1.29, 1.82) is 0 Å². The molecule has 1 heterocycles. The van der Waals surface area contributed by atoms with E-state index in [-0.39, 0.29) is 21.6 Å². The number of aliphatic hydroxyl groups excluding tert-OH is 1. The largest absolute Gasteiger partial charge is 0.393 e. The lowest BCUT2D eigenvalue weighted by atomic mass is 9.41. The normalized spacial score (nSPS) is 37.9. The van der Waals surface area contributed by atoms with Crippen LogP contribution >= 0.6 is 11.3 Å². The van der Waals surface area contributed by atoms with E-state index in [0.717, 1.165) is 41.0 Å². The summed E-state index contributed by atoms with van der Waals surface area (Å²) in [6.07, 6.45) is 10.7. The summed E-state index contributed by atoms with van der Waals surface area (Å²) in [5.41, 5.74) is 1.43. The predicted molar refractivity (Wildman–Crippen MR) is 173 cm³/mol. The van der Waals surface area contributed by atoms with Gasteiger partial charge in [0.05, 0.1) is 6.10 Å². The molecule has 236 valence electrons. The topological polar surface area (TPSA) is 95.5 Å². The van der Waals surface area contributed by atoms with Crippen molar-refractivity contribution in [3.8, 4) is 10.4 Å². The molecule has 0 saturated heterocycles. The van der Waals surface area contributed by atoms with Crippen LogP contribution in [-0.4, -0.2) is 32.2 Å². The Labute approximate surface area is 262 Å². The van der Waals surface area contributed by atoms with Crippen LogP contribution in [0.2, 0.25) is 0 Å². The van der Waals surface area contributed by atoms with Gasteiger partial charge in [0, 0.05) is 11.4 Å². The van der Waals surface area contributed by atoms with Crippen LogP contribution in [0.25, 0.3) is 10.4 Å². The molecular formula is C35H50N2O4S2. The van der Waals surface area contributed by atoms with Gasteiger partial charge in [-0.2, -0.15) is 0 Å². The Bertz CT molecular complexity index is 1410. The number of carbonyl (C=O) groups excluding carboxylic acids is 1. The van der Waals surface area contributed by atoms with Crippen molar-refractivity contribution >= 4 is 27.4 Å². The molecule has 4 aliphatic rings. The summed E-state index contributed by atoms with van der Waals surface area (Å²) in [5, 5.41) is 14.8. The quantitative estimate of drug-likeness (QED) is 0.294. The van der Waals surface area contributed by atoms with Crippen LogP contribution in [0.4, 0.5) is 4.79 Å². The van der Waals surface area contributed by atoms with E-state index in [2.05, 4.69) is 37.7 Å². The summed E-state index contributed by atoms with van der Waals surface area (Å²) in [4.78, 5) is 13.7. The van der Waals surface area contributed by atoms with Crippen molar-refractivity contribution in [3.63, 3.8) is 0 Å². The van der Waals surface area contributed by atoms with Crippen LogP contribution in [0.3, 0.4) is 0 Å². The van der Waals surface area contributed by atoms with Gasteiger partial charge in [-0.1, -0.05) is 77.3 Å². The first kappa shape index (κ1) is 31.1. The molecule has 4 fully saturated rings. The number of benzene rings is 1. The maximum absolute atomic E-state index is 13.0. The van der Waals surface area contributed by atoms with Crippen molar-refractivity contribution in [3.05, 3.63) is 42.5 Å². The van der Waals surface area contributed by atoms with E-state index in [0.29, 0.717) is 47.5 Å². The molecule has 0 radical (unpaired) electrons. The number of aliphatic hydroxyl groups is 1. The average molecular weight is 627 g/mol. The monoisotopic (exact) mass is 626 g/mol. The van der Waals surface area contributed by atoms with Gasteiger partial charge in [0.25, 0.3) is 10.0 Å². The summed E-state index contributed by atoms with van der Waals surface area (Å²) in [5.74, 6) is 3.20. The molecular weight excluding hydrogens is 577 g/mol. The molecule has 4 saturated carbocycles. The molecule has 0 bridgehead atoms. The fourth-order valence-electron chi connectivity index (χ4n) is 10.8. The second-order valence-electron chi connectivity index (χ2n) is 14.7. The lowest BCUT2D eigenvalue weighted by molar-refractivity contribution is -0.194. The van der Waals surface area contributed by atoms with Crippen LogP contribution in [0.15, 0.2) is 46.7 Å². The third kappa shape index (κ3) is 5.37. The smallest absolute Gasteiger partial charge is 0.328 e. The Hall–Kier alpha value is -1.90. The Morgan fingerprint density at radius 3 is 2.47 bits per heavy atom. The van der Waals surface area contributed by atoms with Crippen molar-refractivity contribution in [2.24, 2.45) is 52.3 Å². The fourth-order valence-corrected chi connectivity index (χ4v) is 13.1. The zero-order valence-electron chi connectivity index (χ0n) is 26.2. The summed E-state index contributed by atoms with van der Waals surface area (Å²) < 4.78 is 28.3. The molecule has 0 spiro atoms. The molecule has 1 aromatic heterocycles. The van der Waals surface area contributed by atoms with E-state index in [1.807, 2.05) is 30.3 Å². The van der Waals surface area contributed by atoms with Gasteiger partial charge in [-0.15, -0.1) is 11.3 Å². The fraction of sp³-hybridized carbons (Fsp3) is 0.686. The van der Waals surface area contributed by atoms with Gasteiger partial charge in [-0.25, -0.2) is 17.9 Å². The molecule has 1 aromatic carbocycles. The summed E-state index contributed by atoms with van der Waals surface area (Å²) in [7, 11) is -3.96. The minimum Gasteiger partial charge on any atom is -0.393 e. The number of carbonyl (C=O) groups is 1. The lowest BCUT2D eigenvalue weighted by Gasteiger charge is -2.64. The Morgan fingerprint density at radius 1 is 0.977 bits per heavy atom. The highest BCUT2D eigenvalue weighted by molar-refractivity contribution is 7.92. The number of nitrogens with one attached hydrogen (secondary N) is 2. The summed E-state index contributed by atoms with van der Waals surface area (Å²) in [6, 6.07) is 12.3. The van der Waals surface area contributed by atoms with Gasteiger partial charge in [-0.3, -0.25) is 0 Å². The van der Waals surface area contributed by atoms with Crippen LogP contribution < -0.4 is 10.0 Å². The van der Waals surface area contributed by atoms with E-state index in [1.54, 1.807) is 12.1 Å². The maximum Gasteiger partial charge on any atom is 0.328 e. The van der Waals surface area contributed by atoms with E-state index in [9.17, 15) is 18.3 Å². The second kappa shape index (κ2) is 11.8. The number of fused-ring (bicyclic) bond motifs is 5. The van der Waals surface area contributed by atoms with Gasteiger partial charge >= 0.3 is 6.03 Å². The van der Waals surface area contributed by atoms with Gasteiger partial charge in [0.2, 0.25) is 0 Å². The lowest BCUT2D eigenvalue weighted by Crippen LogP contribution is -2.61. The van der Waals surface area contributed by atoms with E-state index >= 15 is 0 Å². The molecule has 8 heteroatoms. The molecule has 6 rings (SSSR count). The number of rotatable bonds is 7. The van der Waals surface area contributed by atoms with E-state index < -0.39 is 16.1 Å². The number of urea groups is 1. The first-order chi connectivity index (χ1) is 20.5. The number of thiophene rings is 1. The van der Waals surface area contributed by atoms with Gasteiger partial charge in [0.15, 0.2) is 0 Å². The van der Waals surface area contributed by atoms with Crippen molar-refractivity contribution in [1.82, 2.24) is 10.0 Å². The third-order valence-electron chi connectivity index (χ3n) is 12.8. The van der Waals surface area contributed by atoms with E-state index in [1.165, 1.54) is 38.5 Å². The summed E-state index contributed by atoms with van der Waals surface area (Å²) in [6.45, 7) is 9.94. The molecule has 3 N–H and O–H groups in total. The number of amides is 2. The molecule has 43 heavy (non-hydrogen) atoms. The SMILES string of the molecule is CC[C@H]1[C@@H](O)C2[C@@H]3CC[C@H]([C@H](C)CNC(=O)NS(=O)(=O)c4ccc(-c5ccccc5)s4)C3(C)CC[C@@H]2[C@@]2(C)CCCC[C@@H]12. The number of hydrogen-bond donors (Lipinski definition) is 3. The van der Waals surface area contributed by atoms with Crippen molar-refractivity contribution < 1.29 is 18.3 Å². The zero-order valence-corrected chi connectivity index (χ0v) is 27.9. The minimum absolute atomic E-state index is 0.128. The van der Waals surface area contributed by atoms with Crippen LogP contribution in [0, 0.1) is 52.3 Å². The van der Waals surface area contributed by atoms with Crippen LogP contribution in [0.1, 0.15) is 85.5 Å². The van der Waals surface area contributed by atoms with Crippen molar-refractivity contribution in [2.75, 3.05) is 6.54 Å². The van der Waals surface area contributed by atoms with Gasteiger partial charge in [0.1, 0.15) is 4.21 Å². The first-order valence-corrected chi connectivity index (χ1v) is 18.9. The molecule has 2 unspecified atom stereocenters. The zero-order chi connectivity index (χ0) is 30.6. The van der Waals surface area contributed by atoms with E-state index in [4.69, 9.17) is 0 Å². The summed E-state index contributed by atoms with van der Waals surface area (Å²) >= 11 is 1.16. The minimum atomic E-state index is -3.96. The highest BCUT2D eigenvalue weighted by Crippen LogP contribution is 2.69. The third-order valence-corrected chi connectivity index (χ3v) is 15.8. The highest BCUT2D eigenvalue weighted by Gasteiger charge is 2.64. The Morgan fingerprint density at radius 2 is 1.72 bits per heavy atom. The molecule has 4 aliphatic carbocycles. The van der Waals surface area contributed by atoms with Crippen molar-refractivity contribution in [2.45, 2.75) is 95.8 Å². The predicted octanol–water partition coefficient (Wildman–Crippen LogP) is 7.70. The maximum atomic E-state index is 13.0. The molecule has 6 nitrogen and oxygen atoms in total. The highest BCUT2D eigenvalue weighted by atomic mass is 32.2. The standard InChI is InChI=1S/C35H50N2O4S2/c1-5-24-26-13-9-10-19-34(26,3)28-18-20-35(4)25(14-15-27(35)31(28)32(24)38)22(2)21-36-33(39)37-43(40,41)30-17-16-29(42-30)23-11-7-6-8-12-23/h6-8,11-12,16-17,22,24-28,31-32,38H,5,9-10,13-15,18-21H2,1-4H3,(H2,36,37,39)/t22-,24-,25-,26+,27+,28+,31?,32-,34+,35?/m1/s1. The molecule has 10 atom stereocenters. The van der Waals surface area contributed by atoms with Gasteiger partial charge < -0.3 is 10.4 Å². The number of sulfonamides is 1.